The molecule has 1 amide bonds. The van der Waals surface area contributed by atoms with Crippen LogP contribution >= 0.6 is 0 Å². The van der Waals surface area contributed by atoms with Gasteiger partial charge in [0.1, 0.15) is 11.5 Å². The molecule has 0 saturated heterocycles. The topological polar surface area (TPSA) is 60.0 Å². The van der Waals surface area contributed by atoms with Crippen molar-refractivity contribution in [1.82, 2.24) is 9.88 Å². The number of nitrogens with zero attached hydrogens (tertiary/aromatic N) is 1. The van der Waals surface area contributed by atoms with Gasteiger partial charge in [0.25, 0.3) is 5.91 Å². The van der Waals surface area contributed by atoms with Gasteiger partial charge in [-0.15, -0.1) is 0 Å². The fraction of sp³-hybridized carbons (Fsp3) is 0.154. The summed E-state index contributed by atoms with van der Waals surface area (Å²) in [7, 11) is 1.75. The lowest BCUT2D eigenvalue weighted by Crippen LogP contribution is -2.24. The second kappa shape index (κ2) is 4.91. The Morgan fingerprint density at radius 2 is 2.06 bits per heavy atom. The average molecular weight is 247 g/mol. The van der Waals surface area contributed by atoms with Gasteiger partial charge in [0.05, 0.1) is 5.69 Å². The van der Waals surface area contributed by atoms with E-state index in [9.17, 15) is 9.18 Å². The summed E-state index contributed by atoms with van der Waals surface area (Å²) in [5, 5.41) is 2.75. The van der Waals surface area contributed by atoms with E-state index >= 15 is 0 Å². The summed E-state index contributed by atoms with van der Waals surface area (Å²) in [6.07, 6.45) is 1.67. The van der Waals surface area contributed by atoms with Gasteiger partial charge in [0.15, 0.2) is 0 Å². The molecule has 0 radical (unpaired) electrons. The van der Waals surface area contributed by atoms with Crippen LogP contribution < -0.4 is 11.1 Å². The van der Waals surface area contributed by atoms with Gasteiger partial charge in [-0.2, -0.15) is 0 Å². The highest BCUT2D eigenvalue weighted by molar-refractivity contribution is 5.93. The lowest BCUT2D eigenvalue weighted by Gasteiger charge is -2.06. The van der Waals surface area contributed by atoms with Crippen molar-refractivity contribution in [3.05, 3.63) is 53.6 Å². The Bertz CT molecular complexity index is 560. The van der Waals surface area contributed by atoms with Gasteiger partial charge in [-0.3, -0.25) is 4.79 Å². The van der Waals surface area contributed by atoms with Gasteiger partial charge < -0.3 is 15.6 Å². The summed E-state index contributed by atoms with van der Waals surface area (Å²) < 4.78 is 14.4. The lowest BCUT2D eigenvalue weighted by atomic mass is 10.2. The normalized spacial score (nSPS) is 10.3. The number of anilines is 1. The van der Waals surface area contributed by atoms with Crippen molar-refractivity contribution in [3.63, 3.8) is 0 Å². The van der Waals surface area contributed by atoms with Crippen molar-refractivity contribution in [2.75, 3.05) is 5.73 Å². The van der Waals surface area contributed by atoms with Crippen molar-refractivity contribution < 1.29 is 9.18 Å². The van der Waals surface area contributed by atoms with Crippen LogP contribution in [0.2, 0.25) is 0 Å². The molecule has 0 fully saturated rings. The molecule has 4 nitrogen and oxygen atoms in total. The molecule has 2 aromatic rings. The molecule has 0 bridgehead atoms. The number of halogens is 1. The molecule has 0 atom stereocenters. The molecule has 0 saturated carbocycles. The summed E-state index contributed by atoms with van der Waals surface area (Å²) in [5.74, 6) is -0.501. The Morgan fingerprint density at radius 3 is 2.61 bits per heavy atom. The van der Waals surface area contributed by atoms with E-state index in [1.807, 2.05) is 0 Å². The van der Waals surface area contributed by atoms with Crippen molar-refractivity contribution in [2.45, 2.75) is 6.54 Å². The highest BCUT2D eigenvalue weighted by Gasteiger charge is 2.10. The molecule has 1 aromatic carbocycles. The number of hydrogen-bond donors (Lipinski definition) is 2. The van der Waals surface area contributed by atoms with Crippen LogP contribution in [-0.4, -0.2) is 10.5 Å². The molecule has 1 aromatic heterocycles. The second-order valence-corrected chi connectivity index (χ2v) is 4.08. The third-order valence-corrected chi connectivity index (χ3v) is 2.63. The number of aromatic nitrogens is 1. The van der Waals surface area contributed by atoms with E-state index in [4.69, 9.17) is 5.73 Å². The van der Waals surface area contributed by atoms with Gasteiger partial charge in [-0.1, -0.05) is 12.1 Å². The van der Waals surface area contributed by atoms with E-state index in [1.165, 1.54) is 12.1 Å². The summed E-state index contributed by atoms with van der Waals surface area (Å²) >= 11 is 0. The quantitative estimate of drug-likeness (QED) is 0.866. The highest BCUT2D eigenvalue weighted by atomic mass is 19.1. The Morgan fingerprint density at radius 1 is 1.39 bits per heavy atom. The minimum atomic E-state index is -0.291. The van der Waals surface area contributed by atoms with Gasteiger partial charge >= 0.3 is 0 Å². The number of nitrogens with two attached hydrogens (primary N) is 1. The zero-order valence-electron chi connectivity index (χ0n) is 9.98. The van der Waals surface area contributed by atoms with Crippen LogP contribution in [0.25, 0.3) is 0 Å². The number of amides is 1. The third-order valence-electron chi connectivity index (χ3n) is 2.63. The number of hydrogen-bond acceptors (Lipinski definition) is 2. The summed E-state index contributed by atoms with van der Waals surface area (Å²) in [6, 6.07) is 7.61. The number of carbonyl (C=O) groups is 1. The zero-order chi connectivity index (χ0) is 13.1. The molecule has 0 unspecified atom stereocenters. The predicted molar refractivity (Wildman–Crippen MR) is 67.4 cm³/mol. The second-order valence-electron chi connectivity index (χ2n) is 4.08. The summed E-state index contributed by atoms with van der Waals surface area (Å²) in [5.41, 5.74) is 7.48. The monoisotopic (exact) mass is 247 g/mol. The molecular weight excluding hydrogens is 233 g/mol. The van der Waals surface area contributed by atoms with Crippen LogP contribution in [0, 0.1) is 5.82 Å². The first-order valence-corrected chi connectivity index (χ1v) is 5.51. The minimum absolute atomic E-state index is 0.210. The largest absolute Gasteiger partial charge is 0.397 e. The molecule has 0 aliphatic carbocycles. The van der Waals surface area contributed by atoms with E-state index in [0.717, 1.165) is 5.56 Å². The summed E-state index contributed by atoms with van der Waals surface area (Å²) in [4.78, 5) is 11.9. The third kappa shape index (κ3) is 2.68. The molecule has 1 heterocycles. The van der Waals surface area contributed by atoms with Crippen molar-refractivity contribution in [2.24, 2.45) is 7.05 Å². The number of rotatable bonds is 3. The van der Waals surface area contributed by atoms with Crippen molar-refractivity contribution in [3.8, 4) is 0 Å². The smallest absolute Gasteiger partial charge is 0.268 e. The number of carbonyl (C=O) groups excluding carboxylic acids is 1. The number of aryl methyl sites for hydroxylation is 1. The summed E-state index contributed by atoms with van der Waals surface area (Å²) in [6.45, 7) is 0.351. The van der Waals surface area contributed by atoms with Crippen LogP contribution in [0.3, 0.4) is 0 Å². The van der Waals surface area contributed by atoms with Crippen molar-refractivity contribution >= 4 is 11.6 Å². The van der Waals surface area contributed by atoms with Gasteiger partial charge in [-0.25, -0.2) is 4.39 Å². The molecule has 0 aliphatic rings. The van der Waals surface area contributed by atoms with E-state index < -0.39 is 0 Å². The predicted octanol–water partition coefficient (Wildman–Crippen LogP) is 1.68. The maximum absolute atomic E-state index is 12.7. The Balaban J connectivity index is 2.00. The molecule has 0 spiro atoms. The van der Waals surface area contributed by atoms with Crippen molar-refractivity contribution in [1.29, 1.82) is 0 Å². The lowest BCUT2D eigenvalue weighted by molar-refractivity contribution is 0.0943. The Labute approximate surface area is 104 Å². The van der Waals surface area contributed by atoms with Crippen LogP contribution in [0.1, 0.15) is 16.1 Å². The molecule has 5 heteroatoms. The van der Waals surface area contributed by atoms with Crippen LogP contribution in [-0.2, 0) is 13.6 Å². The molecule has 94 valence electrons. The van der Waals surface area contributed by atoms with E-state index in [0.29, 0.717) is 17.9 Å². The molecule has 3 N–H and O–H groups in total. The SMILES string of the molecule is Cn1cc(N)cc1C(=O)NCc1ccc(F)cc1. The standard InChI is InChI=1S/C13H14FN3O/c1-17-8-11(15)6-12(17)13(18)16-7-9-2-4-10(14)5-3-9/h2-6,8H,7,15H2,1H3,(H,16,18). The molecular formula is C13H14FN3O. The number of benzene rings is 1. The fourth-order valence-electron chi connectivity index (χ4n) is 1.69. The average Bonchev–Trinajstić information content (AvgIpc) is 2.67. The Hall–Kier alpha value is -2.30. The van der Waals surface area contributed by atoms with Crippen LogP contribution in [0.15, 0.2) is 36.5 Å². The maximum atomic E-state index is 12.7. The first-order chi connectivity index (χ1) is 8.56. The number of nitrogen functional groups attached to an aromatic ring is 1. The molecule has 18 heavy (non-hydrogen) atoms. The van der Waals surface area contributed by atoms with Gasteiger partial charge in [0, 0.05) is 19.8 Å². The first kappa shape index (κ1) is 12.2. The first-order valence-electron chi connectivity index (χ1n) is 5.51. The van der Waals surface area contributed by atoms with Crippen LogP contribution in [0.4, 0.5) is 10.1 Å². The molecule has 2 rings (SSSR count). The Kier molecular flexibility index (Phi) is 3.32. The van der Waals surface area contributed by atoms with Gasteiger partial charge in [0.2, 0.25) is 0 Å². The zero-order valence-corrected chi connectivity index (χ0v) is 9.98. The van der Waals surface area contributed by atoms with E-state index in [2.05, 4.69) is 5.32 Å². The maximum Gasteiger partial charge on any atom is 0.268 e. The van der Waals surface area contributed by atoms with Crippen LogP contribution in [0.5, 0.6) is 0 Å². The van der Waals surface area contributed by atoms with E-state index in [1.54, 1.807) is 36.0 Å². The molecule has 0 aliphatic heterocycles. The van der Waals surface area contributed by atoms with E-state index in [-0.39, 0.29) is 11.7 Å². The number of nitrogens with one attached hydrogen (secondary N) is 1. The minimum Gasteiger partial charge on any atom is -0.397 e. The highest BCUT2D eigenvalue weighted by Crippen LogP contribution is 2.09. The fourth-order valence-corrected chi connectivity index (χ4v) is 1.69. The van der Waals surface area contributed by atoms with Gasteiger partial charge in [-0.05, 0) is 23.8 Å².